The number of anilines is 1. The van der Waals surface area contributed by atoms with Gasteiger partial charge in [-0.1, -0.05) is 11.3 Å². The normalized spacial score (nSPS) is 14.4. The Hall–Kier alpha value is -3.17. The van der Waals surface area contributed by atoms with Gasteiger partial charge in [-0.15, -0.1) is 0 Å². The van der Waals surface area contributed by atoms with Gasteiger partial charge in [-0.05, 0) is 26.2 Å². The fourth-order valence-electron chi connectivity index (χ4n) is 3.63. The van der Waals surface area contributed by atoms with Gasteiger partial charge in [-0.2, -0.15) is 5.10 Å². The van der Waals surface area contributed by atoms with Crippen LogP contribution >= 0.6 is 11.3 Å². The minimum atomic E-state index is 0.0386. The Bertz CT molecular complexity index is 1260. The maximum Gasteiger partial charge on any atom is 0.186 e. The van der Waals surface area contributed by atoms with Crippen molar-refractivity contribution in [3.63, 3.8) is 0 Å². The highest BCUT2D eigenvalue weighted by molar-refractivity contribution is 7.17. The van der Waals surface area contributed by atoms with Crippen molar-refractivity contribution in [2.24, 2.45) is 7.05 Å². The van der Waals surface area contributed by atoms with Crippen LogP contribution < -0.4 is 4.90 Å². The SMILES string of the molecule is CN(C)C1CN(c2ncc(C(=O)Cc3cc4cc(-c5cnn(C)c5)cnc4cn3)s2)C1. The third kappa shape index (κ3) is 3.94. The maximum absolute atomic E-state index is 12.8. The summed E-state index contributed by atoms with van der Waals surface area (Å²) in [5.74, 6) is 0.0386. The molecule has 4 aromatic rings. The van der Waals surface area contributed by atoms with Crippen LogP contribution in [0.5, 0.6) is 0 Å². The monoisotopic (exact) mass is 433 g/mol. The van der Waals surface area contributed by atoms with Crippen molar-refractivity contribution < 1.29 is 4.79 Å². The predicted octanol–water partition coefficient (Wildman–Crippen LogP) is 2.66. The molecule has 1 fully saturated rings. The summed E-state index contributed by atoms with van der Waals surface area (Å²) in [5, 5.41) is 6.10. The van der Waals surface area contributed by atoms with E-state index in [4.69, 9.17) is 0 Å². The number of pyridine rings is 2. The molecule has 5 heterocycles. The molecule has 0 radical (unpaired) electrons. The largest absolute Gasteiger partial charge is 0.345 e. The van der Waals surface area contributed by atoms with Crippen LogP contribution in [-0.2, 0) is 13.5 Å². The average molecular weight is 434 g/mol. The Balaban J connectivity index is 1.31. The van der Waals surface area contributed by atoms with Gasteiger partial charge in [0.25, 0.3) is 0 Å². The quantitative estimate of drug-likeness (QED) is 0.433. The molecule has 0 atom stereocenters. The minimum absolute atomic E-state index is 0.0386. The highest BCUT2D eigenvalue weighted by atomic mass is 32.1. The lowest BCUT2D eigenvalue weighted by atomic mass is 10.1. The van der Waals surface area contributed by atoms with Gasteiger partial charge >= 0.3 is 0 Å². The predicted molar refractivity (Wildman–Crippen MR) is 122 cm³/mol. The van der Waals surface area contributed by atoms with Gasteiger partial charge in [0.15, 0.2) is 10.9 Å². The Kier molecular flexibility index (Phi) is 4.99. The van der Waals surface area contributed by atoms with E-state index in [1.807, 2.05) is 31.7 Å². The van der Waals surface area contributed by atoms with Crippen LogP contribution in [0.1, 0.15) is 15.4 Å². The molecular formula is C22H23N7OS. The smallest absolute Gasteiger partial charge is 0.186 e. The third-order valence-corrected chi connectivity index (χ3v) is 6.73. The lowest BCUT2D eigenvalue weighted by molar-refractivity contribution is 0.0995. The van der Waals surface area contributed by atoms with Gasteiger partial charge in [0.2, 0.25) is 0 Å². The zero-order valence-electron chi connectivity index (χ0n) is 17.7. The highest BCUT2D eigenvalue weighted by Gasteiger charge is 2.30. The molecule has 0 saturated carbocycles. The van der Waals surface area contributed by atoms with Crippen molar-refractivity contribution in [3.05, 3.63) is 53.7 Å². The van der Waals surface area contributed by atoms with Crippen LogP contribution in [0.4, 0.5) is 5.13 Å². The van der Waals surface area contributed by atoms with E-state index in [9.17, 15) is 4.79 Å². The molecule has 158 valence electrons. The van der Waals surface area contributed by atoms with Crippen molar-refractivity contribution in [3.8, 4) is 11.1 Å². The number of hydrogen-bond donors (Lipinski definition) is 0. The second-order valence-corrected chi connectivity index (χ2v) is 9.13. The van der Waals surface area contributed by atoms with E-state index in [0.717, 1.165) is 45.9 Å². The number of fused-ring (bicyclic) bond motifs is 1. The molecule has 1 saturated heterocycles. The number of rotatable bonds is 6. The summed E-state index contributed by atoms with van der Waals surface area (Å²) < 4.78 is 1.76. The Morgan fingerprint density at radius 3 is 2.68 bits per heavy atom. The Morgan fingerprint density at radius 2 is 1.94 bits per heavy atom. The summed E-state index contributed by atoms with van der Waals surface area (Å²) in [7, 11) is 6.06. The number of aromatic nitrogens is 5. The van der Waals surface area contributed by atoms with Gasteiger partial charge in [-0.25, -0.2) is 4.98 Å². The third-order valence-electron chi connectivity index (χ3n) is 5.64. The molecule has 1 aliphatic heterocycles. The molecule has 0 spiro atoms. The number of Topliss-reactive ketones (excluding diaryl/α,β-unsaturated/α-hetero) is 1. The zero-order chi connectivity index (χ0) is 21.5. The molecule has 31 heavy (non-hydrogen) atoms. The lowest BCUT2D eigenvalue weighted by Crippen LogP contribution is -2.57. The highest BCUT2D eigenvalue weighted by Crippen LogP contribution is 2.29. The molecule has 9 heteroatoms. The number of thiazole rings is 1. The fourth-order valence-corrected chi connectivity index (χ4v) is 4.50. The van der Waals surface area contributed by atoms with E-state index < -0.39 is 0 Å². The molecule has 8 nitrogen and oxygen atoms in total. The Morgan fingerprint density at radius 1 is 1.10 bits per heavy atom. The summed E-state index contributed by atoms with van der Waals surface area (Å²) in [6.07, 6.45) is 9.25. The molecule has 5 rings (SSSR count). The molecule has 0 amide bonds. The van der Waals surface area contributed by atoms with Crippen LogP contribution in [0.3, 0.4) is 0 Å². The molecule has 0 aromatic carbocycles. The standard InChI is InChI=1S/C22H23N7OS/c1-27(2)18-12-29(13-18)22-25-10-21(31-22)20(30)6-17-5-14-4-15(7-24-19(14)9-23-17)16-8-26-28(3)11-16/h4-5,7-11,18H,6,12-13H2,1-3H3. The number of carbonyl (C=O) groups excluding carboxylic acids is 1. The van der Waals surface area contributed by atoms with Crippen LogP contribution in [0.15, 0.2) is 43.1 Å². The number of carbonyl (C=O) groups is 1. The van der Waals surface area contributed by atoms with Crippen molar-refractivity contribution in [1.82, 2.24) is 29.6 Å². The summed E-state index contributed by atoms with van der Waals surface area (Å²) >= 11 is 1.46. The van der Waals surface area contributed by atoms with Crippen LogP contribution in [0, 0.1) is 0 Å². The topological polar surface area (TPSA) is 80.0 Å². The van der Waals surface area contributed by atoms with E-state index in [1.165, 1.54) is 11.3 Å². The van der Waals surface area contributed by atoms with Crippen LogP contribution in [-0.4, -0.2) is 68.6 Å². The first-order chi connectivity index (χ1) is 15.0. The van der Waals surface area contributed by atoms with Gasteiger partial charge in [0.1, 0.15) is 0 Å². The van der Waals surface area contributed by atoms with Gasteiger partial charge in [0.05, 0.1) is 35.4 Å². The number of nitrogens with zero attached hydrogens (tertiary/aromatic N) is 7. The van der Waals surface area contributed by atoms with Gasteiger partial charge < -0.3 is 9.80 Å². The van der Waals surface area contributed by atoms with E-state index in [0.29, 0.717) is 10.9 Å². The molecule has 0 bridgehead atoms. The number of hydrogen-bond acceptors (Lipinski definition) is 8. The summed E-state index contributed by atoms with van der Waals surface area (Å²) in [5.41, 5.74) is 3.53. The number of likely N-dealkylation sites (N-methyl/N-ethyl adjacent to an activating group) is 1. The molecule has 4 aromatic heterocycles. The van der Waals surface area contributed by atoms with Crippen molar-refractivity contribution >= 4 is 33.2 Å². The molecular weight excluding hydrogens is 410 g/mol. The van der Waals surface area contributed by atoms with Gasteiger partial charge in [0, 0.05) is 60.8 Å². The molecule has 0 unspecified atom stereocenters. The first kappa shape index (κ1) is 19.8. The Labute approximate surface area is 184 Å². The summed E-state index contributed by atoms with van der Waals surface area (Å²) in [6.45, 7) is 1.90. The van der Waals surface area contributed by atoms with E-state index in [1.54, 1.807) is 17.1 Å². The fraction of sp³-hybridized carbons (Fsp3) is 0.318. The summed E-state index contributed by atoms with van der Waals surface area (Å²) in [6, 6.07) is 4.55. The number of aryl methyl sites for hydroxylation is 1. The first-order valence-corrected chi connectivity index (χ1v) is 10.9. The molecule has 0 aliphatic carbocycles. The van der Waals surface area contributed by atoms with E-state index >= 15 is 0 Å². The van der Waals surface area contributed by atoms with Crippen molar-refractivity contribution in [2.45, 2.75) is 12.5 Å². The lowest BCUT2D eigenvalue weighted by Gasteiger charge is -2.42. The van der Waals surface area contributed by atoms with E-state index in [2.05, 4.69) is 50.0 Å². The van der Waals surface area contributed by atoms with Crippen LogP contribution in [0.2, 0.25) is 0 Å². The van der Waals surface area contributed by atoms with Crippen molar-refractivity contribution in [1.29, 1.82) is 0 Å². The van der Waals surface area contributed by atoms with Crippen molar-refractivity contribution in [2.75, 3.05) is 32.1 Å². The second kappa shape index (κ2) is 7.82. The summed E-state index contributed by atoms with van der Waals surface area (Å²) in [4.78, 5) is 31.3. The zero-order valence-corrected chi connectivity index (χ0v) is 18.5. The van der Waals surface area contributed by atoms with Gasteiger partial charge in [-0.3, -0.25) is 19.4 Å². The molecule has 1 aliphatic rings. The number of ketones is 1. The maximum atomic E-state index is 12.8. The van der Waals surface area contributed by atoms with E-state index in [-0.39, 0.29) is 12.2 Å². The van der Waals surface area contributed by atoms with Crippen LogP contribution in [0.25, 0.3) is 22.0 Å². The average Bonchev–Trinajstić information content (AvgIpc) is 3.35. The second-order valence-electron chi connectivity index (χ2n) is 8.12. The molecule has 0 N–H and O–H groups in total. The first-order valence-electron chi connectivity index (χ1n) is 10.1. The minimum Gasteiger partial charge on any atom is -0.345 e.